The number of carbonyl (C=O) groups excluding carboxylic acids is 1. The first-order chi connectivity index (χ1) is 8.69. The van der Waals surface area contributed by atoms with Crippen molar-refractivity contribution in [2.24, 2.45) is 11.8 Å². The van der Waals surface area contributed by atoms with Crippen LogP contribution in [0.5, 0.6) is 5.75 Å². The molecule has 1 aliphatic carbocycles. The minimum absolute atomic E-state index is 0.0224. The van der Waals surface area contributed by atoms with Crippen LogP contribution in [0.2, 0.25) is 5.02 Å². The molecule has 1 fully saturated rings. The Morgan fingerprint density at radius 2 is 2.06 bits per heavy atom. The van der Waals surface area contributed by atoms with E-state index >= 15 is 0 Å². The van der Waals surface area contributed by atoms with Gasteiger partial charge in [0.15, 0.2) is 0 Å². The zero-order chi connectivity index (χ0) is 13.0. The maximum Gasteiger partial charge on any atom is 0.236 e. The van der Waals surface area contributed by atoms with Gasteiger partial charge in [0.25, 0.3) is 0 Å². The van der Waals surface area contributed by atoms with E-state index in [0.29, 0.717) is 5.02 Å². The summed E-state index contributed by atoms with van der Waals surface area (Å²) >= 11 is 5.90. The van der Waals surface area contributed by atoms with Gasteiger partial charge in [0.2, 0.25) is 5.91 Å². The van der Waals surface area contributed by atoms with Crippen LogP contribution >= 0.6 is 11.6 Å². The molecule has 2 rings (SSSR count). The number of hydrogen-bond donors (Lipinski definition) is 2. The monoisotopic (exact) mass is 268 g/mol. The summed E-state index contributed by atoms with van der Waals surface area (Å²) in [5, 5.41) is 0.670. The van der Waals surface area contributed by atoms with Crippen molar-refractivity contribution >= 4 is 17.5 Å². The van der Waals surface area contributed by atoms with Gasteiger partial charge < -0.3 is 4.74 Å². The topological polar surface area (TPSA) is 64.3 Å². The molecule has 1 saturated carbocycles. The molecule has 5 heteroatoms. The van der Waals surface area contributed by atoms with E-state index in [0.717, 1.165) is 31.4 Å². The molecule has 0 aromatic heterocycles. The Hall–Kier alpha value is -1.26. The number of carbonyl (C=O) groups is 1. The lowest BCUT2D eigenvalue weighted by molar-refractivity contribution is -0.126. The number of benzene rings is 1. The Labute approximate surface area is 111 Å². The molecule has 0 aliphatic heterocycles. The van der Waals surface area contributed by atoms with E-state index in [1.165, 1.54) is 0 Å². The second-order valence-electron chi connectivity index (χ2n) is 4.56. The van der Waals surface area contributed by atoms with E-state index in [9.17, 15) is 4.79 Å². The van der Waals surface area contributed by atoms with Gasteiger partial charge in [-0.15, -0.1) is 0 Å². The number of halogens is 1. The number of hydrazine groups is 1. The molecule has 98 valence electrons. The Kier molecular flexibility index (Phi) is 4.44. The summed E-state index contributed by atoms with van der Waals surface area (Å²) in [6.45, 7) is 0. The highest BCUT2D eigenvalue weighted by molar-refractivity contribution is 6.30. The predicted octanol–water partition coefficient (Wildman–Crippen LogP) is 2.27. The first kappa shape index (κ1) is 13.2. The van der Waals surface area contributed by atoms with Crippen LogP contribution in [0.15, 0.2) is 24.3 Å². The average Bonchev–Trinajstić information content (AvgIpc) is 2.39. The summed E-state index contributed by atoms with van der Waals surface area (Å²) in [5.41, 5.74) is 2.21. The number of hydrogen-bond acceptors (Lipinski definition) is 3. The van der Waals surface area contributed by atoms with Gasteiger partial charge in [-0.25, -0.2) is 5.84 Å². The quantitative estimate of drug-likeness (QED) is 0.502. The van der Waals surface area contributed by atoms with E-state index < -0.39 is 0 Å². The average molecular weight is 269 g/mol. The van der Waals surface area contributed by atoms with Gasteiger partial charge in [0, 0.05) is 10.9 Å². The van der Waals surface area contributed by atoms with Crippen molar-refractivity contribution < 1.29 is 9.53 Å². The highest BCUT2D eigenvalue weighted by Crippen LogP contribution is 2.28. The maximum absolute atomic E-state index is 11.4. The first-order valence-corrected chi connectivity index (χ1v) is 6.49. The van der Waals surface area contributed by atoms with Crippen molar-refractivity contribution in [3.8, 4) is 5.75 Å². The van der Waals surface area contributed by atoms with Crippen molar-refractivity contribution in [2.75, 3.05) is 0 Å². The highest BCUT2D eigenvalue weighted by atomic mass is 35.5. The number of ether oxygens (including phenoxy) is 1. The highest BCUT2D eigenvalue weighted by Gasteiger charge is 2.26. The molecule has 1 aromatic carbocycles. The van der Waals surface area contributed by atoms with Gasteiger partial charge >= 0.3 is 0 Å². The van der Waals surface area contributed by atoms with E-state index in [1.54, 1.807) is 6.07 Å². The fourth-order valence-electron chi connectivity index (χ4n) is 2.29. The van der Waals surface area contributed by atoms with Crippen molar-refractivity contribution in [3.63, 3.8) is 0 Å². The van der Waals surface area contributed by atoms with E-state index in [4.69, 9.17) is 22.2 Å². The van der Waals surface area contributed by atoms with Crippen LogP contribution in [0.4, 0.5) is 0 Å². The molecule has 1 amide bonds. The van der Waals surface area contributed by atoms with Gasteiger partial charge in [-0.3, -0.25) is 10.2 Å². The molecular formula is C13H17ClN2O2. The second kappa shape index (κ2) is 6.07. The number of nitrogens with two attached hydrogens (primary N) is 1. The number of rotatable bonds is 3. The molecule has 0 unspecified atom stereocenters. The third kappa shape index (κ3) is 3.37. The Morgan fingerprint density at radius 1 is 1.33 bits per heavy atom. The van der Waals surface area contributed by atoms with Crippen LogP contribution < -0.4 is 16.0 Å². The van der Waals surface area contributed by atoms with Gasteiger partial charge in [-0.1, -0.05) is 17.7 Å². The van der Waals surface area contributed by atoms with Crippen LogP contribution in [0.1, 0.15) is 25.7 Å². The molecule has 1 aliphatic rings. The number of amides is 1. The summed E-state index contributed by atoms with van der Waals surface area (Å²) < 4.78 is 5.85. The van der Waals surface area contributed by atoms with Crippen LogP contribution in [0.3, 0.4) is 0 Å². The number of nitrogens with one attached hydrogen (secondary N) is 1. The molecule has 3 N–H and O–H groups in total. The van der Waals surface area contributed by atoms with Crippen LogP contribution in [-0.4, -0.2) is 12.0 Å². The molecule has 0 saturated heterocycles. The summed E-state index contributed by atoms with van der Waals surface area (Å²) in [4.78, 5) is 11.4. The van der Waals surface area contributed by atoms with E-state index in [-0.39, 0.29) is 17.9 Å². The Balaban J connectivity index is 1.85. The van der Waals surface area contributed by atoms with E-state index in [1.807, 2.05) is 18.2 Å². The fourth-order valence-corrected chi connectivity index (χ4v) is 2.47. The standard InChI is InChI=1S/C13H17ClN2O2/c14-10-2-1-3-12(8-10)18-11-6-4-9(5-7-11)13(17)16-15/h1-3,8-9,11H,4-7,15H2,(H,16,17)/t9-,11-. The van der Waals surface area contributed by atoms with Crippen LogP contribution in [0.25, 0.3) is 0 Å². The van der Waals surface area contributed by atoms with Crippen molar-refractivity contribution in [1.82, 2.24) is 5.43 Å². The lowest BCUT2D eigenvalue weighted by Gasteiger charge is -2.27. The summed E-state index contributed by atoms with van der Waals surface area (Å²) in [6, 6.07) is 7.38. The molecule has 18 heavy (non-hydrogen) atoms. The minimum Gasteiger partial charge on any atom is -0.490 e. The molecular weight excluding hydrogens is 252 g/mol. The second-order valence-corrected chi connectivity index (χ2v) is 4.99. The van der Waals surface area contributed by atoms with Crippen LogP contribution in [0, 0.1) is 5.92 Å². The van der Waals surface area contributed by atoms with Crippen LogP contribution in [-0.2, 0) is 4.79 Å². The van der Waals surface area contributed by atoms with Gasteiger partial charge in [0.1, 0.15) is 5.75 Å². The van der Waals surface area contributed by atoms with Gasteiger partial charge in [-0.2, -0.15) is 0 Å². The van der Waals surface area contributed by atoms with Crippen molar-refractivity contribution in [2.45, 2.75) is 31.8 Å². The largest absolute Gasteiger partial charge is 0.490 e. The zero-order valence-corrected chi connectivity index (χ0v) is 10.8. The molecule has 0 bridgehead atoms. The molecule has 0 spiro atoms. The van der Waals surface area contributed by atoms with Gasteiger partial charge in [0.05, 0.1) is 6.10 Å². The van der Waals surface area contributed by atoms with E-state index in [2.05, 4.69) is 5.43 Å². The summed E-state index contributed by atoms with van der Waals surface area (Å²) in [7, 11) is 0. The molecule has 1 aromatic rings. The van der Waals surface area contributed by atoms with Gasteiger partial charge in [-0.05, 0) is 43.9 Å². The first-order valence-electron chi connectivity index (χ1n) is 6.11. The van der Waals surface area contributed by atoms with Crippen molar-refractivity contribution in [1.29, 1.82) is 0 Å². The lowest BCUT2D eigenvalue weighted by Crippen LogP contribution is -2.38. The smallest absolute Gasteiger partial charge is 0.236 e. The Morgan fingerprint density at radius 3 is 2.67 bits per heavy atom. The lowest BCUT2D eigenvalue weighted by atomic mass is 9.87. The molecule has 4 nitrogen and oxygen atoms in total. The predicted molar refractivity (Wildman–Crippen MR) is 70.2 cm³/mol. The zero-order valence-electron chi connectivity index (χ0n) is 10.1. The van der Waals surface area contributed by atoms with Crippen molar-refractivity contribution in [3.05, 3.63) is 29.3 Å². The third-order valence-electron chi connectivity index (χ3n) is 3.29. The SMILES string of the molecule is NNC(=O)[C@H]1CC[C@H](Oc2cccc(Cl)c2)CC1. The fraction of sp³-hybridized carbons (Fsp3) is 0.462. The molecule has 0 radical (unpaired) electrons. The summed E-state index contributed by atoms with van der Waals surface area (Å²) in [5.74, 6) is 5.87. The normalized spacial score (nSPS) is 23.4. The molecule has 0 atom stereocenters. The maximum atomic E-state index is 11.4. The Bertz CT molecular complexity index is 417. The molecule has 0 heterocycles. The third-order valence-corrected chi connectivity index (χ3v) is 3.52. The summed E-state index contributed by atoms with van der Waals surface area (Å²) in [6.07, 6.45) is 3.52. The minimum atomic E-state index is -0.0730.